The molecule has 2 atom stereocenters. The highest BCUT2D eigenvalue weighted by molar-refractivity contribution is 8.00. The lowest BCUT2D eigenvalue weighted by Crippen LogP contribution is -2.40. The Bertz CT molecular complexity index is 541. The van der Waals surface area contributed by atoms with Crippen molar-refractivity contribution in [1.82, 2.24) is 10.2 Å². The molecular weight excluding hydrogens is 332 g/mol. The normalized spacial score (nSPS) is 23.0. The number of benzene rings is 1. The van der Waals surface area contributed by atoms with Gasteiger partial charge in [0, 0.05) is 30.7 Å². The first-order valence-corrected chi connectivity index (χ1v) is 9.07. The smallest absolute Gasteiger partial charge is 0.232 e. The molecule has 1 N–H and O–H groups in total. The van der Waals surface area contributed by atoms with Gasteiger partial charge in [0.2, 0.25) is 5.91 Å². The van der Waals surface area contributed by atoms with E-state index in [4.69, 9.17) is 0 Å². The van der Waals surface area contributed by atoms with Crippen molar-refractivity contribution in [2.75, 3.05) is 24.6 Å². The maximum Gasteiger partial charge on any atom is 0.232 e. The third-order valence-corrected chi connectivity index (χ3v) is 5.35. The fourth-order valence-electron chi connectivity index (χ4n) is 3.20. The lowest BCUT2D eigenvalue weighted by molar-refractivity contribution is -0.128. The van der Waals surface area contributed by atoms with Crippen LogP contribution in [0, 0.1) is 0 Å². The second kappa shape index (κ2) is 8.71. The molecular formula is C17H23ClN2O2S. The zero-order valence-electron chi connectivity index (χ0n) is 13.1. The maximum absolute atomic E-state index is 12.3. The second-order valence-electron chi connectivity index (χ2n) is 6.05. The molecule has 3 rings (SSSR count). The number of amides is 1. The van der Waals surface area contributed by atoms with Crippen LogP contribution < -0.4 is 5.32 Å². The van der Waals surface area contributed by atoms with Gasteiger partial charge in [-0.25, -0.2) is 0 Å². The van der Waals surface area contributed by atoms with Crippen LogP contribution in [-0.4, -0.2) is 53.3 Å². The van der Waals surface area contributed by atoms with Crippen molar-refractivity contribution in [3.63, 3.8) is 0 Å². The predicted octanol–water partition coefficient (Wildman–Crippen LogP) is 2.38. The van der Waals surface area contributed by atoms with E-state index in [-0.39, 0.29) is 24.1 Å². The lowest BCUT2D eigenvalue weighted by atomic mass is 10.1. The van der Waals surface area contributed by atoms with Gasteiger partial charge in [0.05, 0.1) is 11.5 Å². The molecule has 1 amide bonds. The van der Waals surface area contributed by atoms with Gasteiger partial charge < -0.3 is 10.2 Å². The van der Waals surface area contributed by atoms with E-state index >= 15 is 0 Å². The van der Waals surface area contributed by atoms with Crippen LogP contribution in [0.2, 0.25) is 0 Å². The summed E-state index contributed by atoms with van der Waals surface area (Å²) in [6, 6.07) is 10.3. The number of nitrogens with zero attached hydrogens (tertiary/aromatic N) is 1. The van der Waals surface area contributed by atoms with Crippen LogP contribution in [0.25, 0.3) is 0 Å². The van der Waals surface area contributed by atoms with Crippen LogP contribution in [0.4, 0.5) is 0 Å². The van der Waals surface area contributed by atoms with Crippen LogP contribution in [0.1, 0.15) is 29.6 Å². The average molecular weight is 355 g/mol. The molecule has 2 bridgehead atoms. The number of hydrogen-bond acceptors (Lipinski definition) is 4. The highest BCUT2D eigenvalue weighted by atomic mass is 35.5. The van der Waals surface area contributed by atoms with Crippen molar-refractivity contribution in [2.45, 2.75) is 31.3 Å². The molecule has 0 radical (unpaired) electrons. The van der Waals surface area contributed by atoms with E-state index in [1.807, 2.05) is 35.2 Å². The van der Waals surface area contributed by atoms with Crippen molar-refractivity contribution in [3.05, 3.63) is 35.9 Å². The van der Waals surface area contributed by atoms with Gasteiger partial charge in [0.1, 0.15) is 0 Å². The van der Waals surface area contributed by atoms with Crippen LogP contribution in [0.5, 0.6) is 0 Å². The minimum atomic E-state index is 0. The first kappa shape index (κ1) is 18.3. The van der Waals surface area contributed by atoms with Crippen molar-refractivity contribution in [1.29, 1.82) is 0 Å². The maximum atomic E-state index is 12.3. The topological polar surface area (TPSA) is 49.4 Å². The summed E-state index contributed by atoms with van der Waals surface area (Å²) >= 11 is 1.42. The Balaban J connectivity index is 0.00000192. The van der Waals surface area contributed by atoms with Gasteiger partial charge in [-0.05, 0) is 19.3 Å². The molecule has 2 aliphatic heterocycles. The number of carbonyl (C=O) groups is 2. The molecule has 2 saturated heterocycles. The van der Waals surface area contributed by atoms with Crippen molar-refractivity contribution in [3.8, 4) is 0 Å². The Hall–Kier alpha value is -1.04. The summed E-state index contributed by atoms with van der Waals surface area (Å²) < 4.78 is 0. The van der Waals surface area contributed by atoms with Gasteiger partial charge in [-0.15, -0.1) is 24.2 Å². The third-order valence-electron chi connectivity index (χ3n) is 4.43. The highest BCUT2D eigenvalue weighted by Crippen LogP contribution is 2.21. The molecule has 2 aliphatic rings. The van der Waals surface area contributed by atoms with E-state index in [2.05, 4.69) is 5.32 Å². The summed E-state index contributed by atoms with van der Waals surface area (Å²) in [5.41, 5.74) is 0.721. The van der Waals surface area contributed by atoms with Crippen molar-refractivity contribution >= 4 is 35.9 Å². The summed E-state index contributed by atoms with van der Waals surface area (Å²) in [5.74, 6) is 1.03. The quantitative estimate of drug-likeness (QED) is 0.825. The summed E-state index contributed by atoms with van der Waals surface area (Å²) in [5, 5.41) is 3.58. The molecule has 1 aromatic carbocycles. The Morgan fingerprint density at radius 2 is 1.83 bits per heavy atom. The zero-order chi connectivity index (χ0) is 15.4. The molecule has 0 aromatic heterocycles. The van der Waals surface area contributed by atoms with Crippen LogP contribution in [-0.2, 0) is 4.79 Å². The molecule has 2 unspecified atom stereocenters. The number of nitrogens with one attached hydrogen (secondary N) is 1. The minimum absolute atomic E-state index is 0. The van der Waals surface area contributed by atoms with Crippen LogP contribution in [0.3, 0.4) is 0 Å². The van der Waals surface area contributed by atoms with E-state index in [1.54, 1.807) is 0 Å². The molecule has 126 valence electrons. The summed E-state index contributed by atoms with van der Waals surface area (Å²) in [7, 11) is 0. The Morgan fingerprint density at radius 3 is 2.61 bits per heavy atom. The number of rotatable bonds is 5. The van der Waals surface area contributed by atoms with E-state index < -0.39 is 0 Å². The molecule has 23 heavy (non-hydrogen) atoms. The van der Waals surface area contributed by atoms with Gasteiger partial charge in [0.15, 0.2) is 5.78 Å². The molecule has 1 aromatic rings. The van der Waals surface area contributed by atoms with E-state index in [1.165, 1.54) is 24.6 Å². The molecule has 0 aliphatic carbocycles. The van der Waals surface area contributed by atoms with Gasteiger partial charge in [-0.2, -0.15) is 0 Å². The third kappa shape index (κ3) is 4.96. The monoisotopic (exact) mass is 354 g/mol. The number of carbonyl (C=O) groups excluding carboxylic acids is 2. The Morgan fingerprint density at radius 1 is 1.09 bits per heavy atom. The summed E-state index contributed by atoms with van der Waals surface area (Å²) in [4.78, 5) is 26.3. The molecule has 0 saturated carbocycles. The van der Waals surface area contributed by atoms with Gasteiger partial charge in [-0.3, -0.25) is 9.59 Å². The minimum Gasteiger partial charge on any atom is -0.340 e. The SMILES string of the molecule is Cl.O=C(CSCC(=O)N1CCC2CCC(C1)N2)c1ccccc1. The second-order valence-corrected chi connectivity index (χ2v) is 7.03. The first-order chi connectivity index (χ1) is 10.7. The van der Waals surface area contributed by atoms with Gasteiger partial charge in [0.25, 0.3) is 0 Å². The molecule has 6 heteroatoms. The standard InChI is InChI=1S/C17H22N2O2S.ClH/c20-16(13-4-2-1-3-5-13)11-22-12-17(21)19-9-8-14-6-7-15(10-19)18-14;/h1-5,14-15,18H,6-12H2;1H. The molecule has 2 fully saturated rings. The lowest BCUT2D eigenvalue weighted by Gasteiger charge is -2.24. The largest absolute Gasteiger partial charge is 0.340 e. The predicted molar refractivity (Wildman–Crippen MR) is 96.5 cm³/mol. The fraction of sp³-hybridized carbons (Fsp3) is 0.529. The molecule has 2 heterocycles. The number of ketones is 1. The Labute approximate surface area is 147 Å². The highest BCUT2D eigenvalue weighted by Gasteiger charge is 2.30. The molecule has 4 nitrogen and oxygen atoms in total. The Kier molecular flexibility index (Phi) is 6.93. The van der Waals surface area contributed by atoms with E-state index in [0.717, 1.165) is 25.1 Å². The van der Waals surface area contributed by atoms with E-state index in [0.29, 0.717) is 23.6 Å². The van der Waals surface area contributed by atoms with Crippen molar-refractivity contribution in [2.24, 2.45) is 0 Å². The number of likely N-dealkylation sites (tertiary alicyclic amines) is 1. The fourth-order valence-corrected chi connectivity index (χ4v) is 4.01. The van der Waals surface area contributed by atoms with Crippen LogP contribution >= 0.6 is 24.2 Å². The number of hydrogen-bond donors (Lipinski definition) is 1. The number of halogens is 1. The van der Waals surface area contributed by atoms with Crippen molar-refractivity contribution < 1.29 is 9.59 Å². The zero-order valence-corrected chi connectivity index (χ0v) is 14.7. The first-order valence-electron chi connectivity index (χ1n) is 7.92. The van der Waals surface area contributed by atoms with Gasteiger partial charge in [-0.1, -0.05) is 30.3 Å². The number of Topliss-reactive ketones (excluding diaryl/α,β-unsaturated/α-hetero) is 1. The number of thioether (sulfide) groups is 1. The summed E-state index contributed by atoms with van der Waals surface area (Å²) in [6.45, 7) is 1.67. The van der Waals surface area contributed by atoms with Crippen LogP contribution in [0.15, 0.2) is 30.3 Å². The number of fused-ring (bicyclic) bond motifs is 2. The van der Waals surface area contributed by atoms with Gasteiger partial charge >= 0.3 is 0 Å². The summed E-state index contributed by atoms with van der Waals surface area (Å²) in [6.07, 6.45) is 3.47. The molecule has 0 spiro atoms. The van der Waals surface area contributed by atoms with E-state index in [9.17, 15) is 9.59 Å². The average Bonchev–Trinajstić information content (AvgIpc) is 2.87.